The predicted molar refractivity (Wildman–Crippen MR) is 75.1 cm³/mol. The summed E-state index contributed by atoms with van der Waals surface area (Å²) in [6, 6.07) is 11.1. The molecule has 1 aromatic carbocycles. The van der Waals surface area contributed by atoms with Gasteiger partial charge in [-0.15, -0.1) is 0 Å². The van der Waals surface area contributed by atoms with Crippen molar-refractivity contribution >= 4 is 5.78 Å². The molecule has 0 atom stereocenters. The van der Waals surface area contributed by atoms with Crippen LogP contribution in [0.2, 0.25) is 0 Å². The third-order valence-electron chi connectivity index (χ3n) is 3.04. The quantitative estimate of drug-likeness (QED) is 0.850. The van der Waals surface area contributed by atoms with Gasteiger partial charge in [0.1, 0.15) is 17.1 Å². The van der Waals surface area contributed by atoms with E-state index in [4.69, 9.17) is 4.42 Å². The molecule has 0 aliphatic heterocycles. The molecule has 0 bridgehead atoms. The molecule has 0 aliphatic carbocycles. The molecule has 0 amide bonds. The number of carbonyl (C=O) groups is 1. The molecule has 104 valence electrons. The molecule has 4 nitrogen and oxygen atoms in total. The van der Waals surface area contributed by atoms with Crippen LogP contribution in [0.15, 0.2) is 45.6 Å². The Morgan fingerprint density at radius 1 is 1.25 bits per heavy atom. The molecule has 0 spiro atoms. The molecule has 0 aliphatic rings. The number of hydrogen-bond acceptors (Lipinski definition) is 4. The number of aromatic hydroxyl groups is 1. The van der Waals surface area contributed by atoms with E-state index < -0.39 is 5.63 Å². The van der Waals surface area contributed by atoms with E-state index in [9.17, 15) is 14.7 Å². The molecule has 1 N–H and O–H groups in total. The monoisotopic (exact) mass is 272 g/mol. The van der Waals surface area contributed by atoms with E-state index in [0.29, 0.717) is 6.42 Å². The minimum Gasteiger partial charge on any atom is -0.507 e. The summed E-state index contributed by atoms with van der Waals surface area (Å²) >= 11 is 0. The van der Waals surface area contributed by atoms with Crippen LogP contribution in [0.3, 0.4) is 0 Å². The smallest absolute Gasteiger partial charge is 0.350 e. The third kappa shape index (κ3) is 3.35. The SMILES string of the molecule is Cc1cc(O)c(C(=O)CCCc2ccccc2)c(=O)o1. The Labute approximate surface area is 116 Å². The van der Waals surface area contributed by atoms with Gasteiger partial charge in [-0.2, -0.15) is 0 Å². The average Bonchev–Trinajstić information content (AvgIpc) is 2.38. The Balaban J connectivity index is 2.01. The minimum absolute atomic E-state index is 0.205. The lowest BCUT2D eigenvalue weighted by atomic mass is 10.0. The first kappa shape index (κ1) is 14.1. The topological polar surface area (TPSA) is 67.5 Å². The molecule has 1 heterocycles. The Morgan fingerprint density at radius 2 is 1.95 bits per heavy atom. The van der Waals surface area contributed by atoms with Crippen LogP contribution in [0.4, 0.5) is 0 Å². The summed E-state index contributed by atoms with van der Waals surface area (Å²) in [5.41, 5.74) is 0.122. The molecule has 1 aromatic heterocycles. The van der Waals surface area contributed by atoms with Gasteiger partial charge in [0.05, 0.1) is 0 Å². The number of aryl methyl sites for hydroxylation is 2. The fraction of sp³-hybridized carbons (Fsp3) is 0.250. The molecule has 20 heavy (non-hydrogen) atoms. The van der Waals surface area contributed by atoms with Gasteiger partial charge in [0.15, 0.2) is 5.78 Å². The third-order valence-corrected chi connectivity index (χ3v) is 3.04. The van der Waals surface area contributed by atoms with Crippen LogP contribution >= 0.6 is 0 Å². The van der Waals surface area contributed by atoms with Gasteiger partial charge in [0.25, 0.3) is 0 Å². The second kappa shape index (κ2) is 6.19. The van der Waals surface area contributed by atoms with Crippen molar-refractivity contribution in [3.63, 3.8) is 0 Å². The lowest BCUT2D eigenvalue weighted by Gasteiger charge is -2.03. The Kier molecular flexibility index (Phi) is 4.35. The van der Waals surface area contributed by atoms with Crippen molar-refractivity contribution in [2.75, 3.05) is 0 Å². The largest absolute Gasteiger partial charge is 0.507 e. The van der Waals surface area contributed by atoms with Gasteiger partial charge in [-0.3, -0.25) is 4.79 Å². The van der Waals surface area contributed by atoms with Crippen molar-refractivity contribution in [1.29, 1.82) is 0 Å². The first-order valence-corrected chi connectivity index (χ1v) is 6.49. The molecule has 0 saturated heterocycles. The van der Waals surface area contributed by atoms with E-state index >= 15 is 0 Å². The number of rotatable bonds is 5. The molecule has 0 unspecified atom stereocenters. The van der Waals surface area contributed by atoms with E-state index in [0.717, 1.165) is 12.0 Å². The Morgan fingerprint density at radius 3 is 2.60 bits per heavy atom. The van der Waals surface area contributed by atoms with Gasteiger partial charge in [-0.1, -0.05) is 30.3 Å². The van der Waals surface area contributed by atoms with Crippen LogP contribution in [0.5, 0.6) is 5.75 Å². The lowest BCUT2D eigenvalue weighted by Crippen LogP contribution is -2.14. The number of Topliss-reactive ketones (excluding diaryl/α,β-unsaturated/α-hetero) is 1. The molecule has 0 radical (unpaired) electrons. The van der Waals surface area contributed by atoms with E-state index in [1.807, 2.05) is 30.3 Å². The zero-order valence-corrected chi connectivity index (χ0v) is 11.3. The van der Waals surface area contributed by atoms with Crippen LogP contribution in [0, 0.1) is 6.92 Å². The van der Waals surface area contributed by atoms with E-state index in [2.05, 4.69) is 0 Å². The van der Waals surface area contributed by atoms with Gasteiger partial charge in [0.2, 0.25) is 0 Å². The Hall–Kier alpha value is -2.36. The molecular formula is C16H16O4. The molecule has 4 heteroatoms. The van der Waals surface area contributed by atoms with Crippen LogP contribution in [-0.2, 0) is 6.42 Å². The average molecular weight is 272 g/mol. The second-order valence-electron chi connectivity index (χ2n) is 4.67. The van der Waals surface area contributed by atoms with Crippen LogP contribution in [0.25, 0.3) is 0 Å². The van der Waals surface area contributed by atoms with Gasteiger partial charge in [-0.05, 0) is 25.3 Å². The standard InChI is InChI=1S/C16H16O4/c1-11-10-14(18)15(16(19)20-11)13(17)9-5-8-12-6-3-2-4-7-12/h2-4,6-7,10,18H,5,8-9H2,1H3. The minimum atomic E-state index is -0.771. The van der Waals surface area contributed by atoms with E-state index in [1.165, 1.54) is 6.07 Å². The zero-order chi connectivity index (χ0) is 14.5. The molecule has 2 aromatic rings. The summed E-state index contributed by atoms with van der Waals surface area (Å²) in [5.74, 6) is -0.399. The summed E-state index contributed by atoms with van der Waals surface area (Å²) in [6.45, 7) is 1.55. The number of ketones is 1. The van der Waals surface area contributed by atoms with E-state index in [1.54, 1.807) is 6.92 Å². The summed E-state index contributed by atoms with van der Waals surface area (Å²) in [5, 5.41) is 9.68. The highest BCUT2D eigenvalue weighted by atomic mass is 16.4. The van der Waals surface area contributed by atoms with Crippen molar-refractivity contribution in [2.24, 2.45) is 0 Å². The second-order valence-corrected chi connectivity index (χ2v) is 4.67. The summed E-state index contributed by atoms with van der Waals surface area (Å²) in [4.78, 5) is 23.6. The first-order chi connectivity index (χ1) is 9.58. The number of carbonyl (C=O) groups excluding carboxylic acids is 1. The van der Waals surface area contributed by atoms with Crippen LogP contribution in [-0.4, -0.2) is 10.9 Å². The highest BCUT2D eigenvalue weighted by Crippen LogP contribution is 2.17. The first-order valence-electron chi connectivity index (χ1n) is 6.49. The highest BCUT2D eigenvalue weighted by molar-refractivity contribution is 5.97. The number of hydrogen-bond donors (Lipinski definition) is 1. The lowest BCUT2D eigenvalue weighted by molar-refractivity contribution is 0.0973. The van der Waals surface area contributed by atoms with Crippen molar-refractivity contribution in [2.45, 2.75) is 26.2 Å². The summed E-state index contributed by atoms with van der Waals surface area (Å²) in [7, 11) is 0. The fourth-order valence-electron chi connectivity index (χ4n) is 2.08. The van der Waals surface area contributed by atoms with Crippen molar-refractivity contribution < 1.29 is 14.3 Å². The van der Waals surface area contributed by atoms with Crippen LogP contribution in [0.1, 0.15) is 34.5 Å². The number of benzene rings is 1. The van der Waals surface area contributed by atoms with Gasteiger partial charge in [0, 0.05) is 12.5 Å². The van der Waals surface area contributed by atoms with Gasteiger partial charge >= 0.3 is 5.63 Å². The molecule has 2 rings (SSSR count). The summed E-state index contributed by atoms with van der Waals surface area (Å²) in [6.07, 6.45) is 1.58. The Bertz CT molecular complexity index is 656. The normalized spacial score (nSPS) is 10.4. The predicted octanol–water partition coefficient (Wildman–Crippen LogP) is 2.86. The van der Waals surface area contributed by atoms with E-state index in [-0.39, 0.29) is 29.3 Å². The van der Waals surface area contributed by atoms with Gasteiger partial charge < -0.3 is 9.52 Å². The molecular weight excluding hydrogens is 256 g/mol. The van der Waals surface area contributed by atoms with Crippen LogP contribution < -0.4 is 5.63 Å². The zero-order valence-electron chi connectivity index (χ0n) is 11.3. The van der Waals surface area contributed by atoms with Crippen molar-refractivity contribution in [3.05, 3.63) is 63.7 Å². The van der Waals surface area contributed by atoms with Gasteiger partial charge in [-0.25, -0.2) is 4.79 Å². The maximum absolute atomic E-state index is 12.0. The van der Waals surface area contributed by atoms with Crippen molar-refractivity contribution in [1.82, 2.24) is 0 Å². The van der Waals surface area contributed by atoms with Crippen molar-refractivity contribution in [3.8, 4) is 5.75 Å². The molecule has 0 saturated carbocycles. The maximum atomic E-state index is 12.0. The molecule has 0 fully saturated rings. The fourth-order valence-corrected chi connectivity index (χ4v) is 2.08. The maximum Gasteiger partial charge on any atom is 0.350 e. The highest BCUT2D eigenvalue weighted by Gasteiger charge is 2.17. The summed E-state index contributed by atoms with van der Waals surface area (Å²) < 4.78 is 4.84.